The second kappa shape index (κ2) is 6.87. The standard InChI is InChI=1S/C15H26N4S/c1-2-16-10-14-11-17-15(20-14)19-9-6-13(12-19)18-7-4-3-5-8-18/h11,13,16H,2-10,12H2,1H3. The summed E-state index contributed by atoms with van der Waals surface area (Å²) in [6, 6.07) is 0.761. The number of hydrogen-bond acceptors (Lipinski definition) is 5. The lowest BCUT2D eigenvalue weighted by atomic mass is 10.1. The van der Waals surface area contributed by atoms with Crippen LogP contribution < -0.4 is 10.2 Å². The molecule has 0 radical (unpaired) electrons. The van der Waals surface area contributed by atoms with E-state index in [1.165, 1.54) is 61.9 Å². The number of thiazole rings is 1. The van der Waals surface area contributed by atoms with E-state index in [1.54, 1.807) is 0 Å². The third-order valence-electron chi connectivity index (χ3n) is 4.43. The molecule has 2 aliphatic rings. The molecule has 0 saturated carbocycles. The van der Waals surface area contributed by atoms with Gasteiger partial charge in [-0.2, -0.15) is 0 Å². The molecule has 1 aromatic heterocycles. The first-order chi connectivity index (χ1) is 9.86. The monoisotopic (exact) mass is 294 g/mol. The Morgan fingerprint density at radius 1 is 1.30 bits per heavy atom. The summed E-state index contributed by atoms with van der Waals surface area (Å²) in [4.78, 5) is 11.2. The molecule has 0 spiro atoms. The van der Waals surface area contributed by atoms with Crippen LogP contribution in [0.5, 0.6) is 0 Å². The summed E-state index contributed by atoms with van der Waals surface area (Å²) in [6.07, 6.45) is 7.55. The summed E-state index contributed by atoms with van der Waals surface area (Å²) in [6.45, 7) is 9.09. The van der Waals surface area contributed by atoms with Crippen LogP contribution in [0.25, 0.3) is 0 Å². The Hall–Kier alpha value is -0.650. The summed E-state index contributed by atoms with van der Waals surface area (Å²) in [5.74, 6) is 0. The molecule has 3 heterocycles. The van der Waals surface area contributed by atoms with Crippen molar-refractivity contribution in [3.05, 3.63) is 11.1 Å². The van der Waals surface area contributed by atoms with E-state index in [0.29, 0.717) is 0 Å². The molecule has 0 bridgehead atoms. The van der Waals surface area contributed by atoms with Gasteiger partial charge in [-0.3, -0.25) is 4.90 Å². The number of piperidine rings is 1. The van der Waals surface area contributed by atoms with Gasteiger partial charge < -0.3 is 10.2 Å². The maximum atomic E-state index is 4.62. The van der Waals surface area contributed by atoms with Gasteiger partial charge in [0, 0.05) is 36.8 Å². The zero-order valence-electron chi connectivity index (χ0n) is 12.5. The molecule has 0 aliphatic carbocycles. The normalized spacial score (nSPS) is 24.4. The van der Waals surface area contributed by atoms with Gasteiger partial charge in [0.2, 0.25) is 0 Å². The number of rotatable bonds is 5. The zero-order chi connectivity index (χ0) is 13.8. The first kappa shape index (κ1) is 14.3. The summed E-state index contributed by atoms with van der Waals surface area (Å²) < 4.78 is 0. The van der Waals surface area contributed by atoms with Crippen LogP contribution in [-0.4, -0.2) is 48.6 Å². The summed E-state index contributed by atoms with van der Waals surface area (Å²) in [7, 11) is 0. The molecule has 2 saturated heterocycles. The van der Waals surface area contributed by atoms with Gasteiger partial charge >= 0.3 is 0 Å². The topological polar surface area (TPSA) is 31.4 Å². The third kappa shape index (κ3) is 3.32. The maximum absolute atomic E-state index is 4.62. The van der Waals surface area contributed by atoms with Crippen molar-refractivity contribution >= 4 is 16.5 Å². The van der Waals surface area contributed by atoms with Gasteiger partial charge in [-0.25, -0.2) is 4.98 Å². The average Bonchev–Trinajstić information content (AvgIpc) is 3.15. The van der Waals surface area contributed by atoms with Gasteiger partial charge in [-0.1, -0.05) is 13.3 Å². The Kier molecular flexibility index (Phi) is 4.91. The van der Waals surface area contributed by atoms with Crippen LogP contribution in [-0.2, 0) is 6.54 Å². The fourth-order valence-electron chi connectivity index (χ4n) is 3.27. The van der Waals surface area contributed by atoms with Crippen LogP contribution in [0.3, 0.4) is 0 Å². The second-order valence-electron chi connectivity index (χ2n) is 5.87. The Labute approximate surface area is 126 Å². The quantitative estimate of drug-likeness (QED) is 0.903. The molecule has 0 aromatic carbocycles. The zero-order valence-corrected chi connectivity index (χ0v) is 13.3. The van der Waals surface area contributed by atoms with Crippen molar-refractivity contribution in [1.29, 1.82) is 0 Å². The van der Waals surface area contributed by atoms with Crippen LogP contribution in [0.15, 0.2) is 6.20 Å². The molecule has 4 nitrogen and oxygen atoms in total. The van der Waals surface area contributed by atoms with Crippen molar-refractivity contribution in [3.8, 4) is 0 Å². The summed E-state index contributed by atoms with van der Waals surface area (Å²) in [5.41, 5.74) is 0. The van der Waals surface area contributed by atoms with E-state index in [0.717, 1.165) is 19.1 Å². The Balaban J connectivity index is 1.54. The van der Waals surface area contributed by atoms with E-state index in [4.69, 9.17) is 0 Å². The number of anilines is 1. The lowest BCUT2D eigenvalue weighted by Gasteiger charge is -2.32. The van der Waals surface area contributed by atoms with Gasteiger partial charge in [-0.05, 0) is 38.9 Å². The van der Waals surface area contributed by atoms with Crippen LogP contribution in [0.4, 0.5) is 5.13 Å². The Morgan fingerprint density at radius 2 is 2.15 bits per heavy atom. The predicted octanol–water partition coefficient (Wildman–Crippen LogP) is 2.32. The fraction of sp³-hybridized carbons (Fsp3) is 0.800. The van der Waals surface area contributed by atoms with E-state index in [1.807, 2.05) is 17.5 Å². The largest absolute Gasteiger partial charge is 0.346 e. The minimum absolute atomic E-state index is 0.761. The molecular formula is C15H26N4S. The molecule has 2 fully saturated rings. The van der Waals surface area contributed by atoms with Crippen molar-refractivity contribution in [2.45, 2.75) is 45.2 Å². The van der Waals surface area contributed by atoms with Crippen LogP contribution in [0.2, 0.25) is 0 Å². The van der Waals surface area contributed by atoms with E-state index in [-0.39, 0.29) is 0 Å². The van der Waals surface area contributed by atoms with Gasteiger partial charge in [0.05, 0.1) is 0 Å². The molecule has 1 atom stereocenters. The van der Waals surface area contributed by atoms with Crippen molar-refractivity contribution in [2.24, 2.45) is 0 Å². The highest BCUT2D eigenvalue weighted by Gasteiger charge is 2.29. The highest BCUT2D eigenvalue weighted by molar-refractivity contribution is 7.15. The first-order valence-electron chi connectivity index (χ1n) is 8.01. The molecule has 1 aromatic rings. The lowest BCUT2D eigenvalue weighted by Crippen LogP contribution is -2.40. The molecule has 0 amide bonds. The third-order valence-corrected chi connectivity index (χ3v) is 5.49. The number of hydrogen-bond donors (Lipinski definition) is 1. The Bertz CT molecular complexity index is 414. The predicted molar refractivity (Wildman–Crippen MR) is 85.5 cm³/mol. The van der Waals surface area contributed by atoms with E-state index in [2.05, 4.69) is 27.0 Å². The van der Waals surface area contributed by atoms with Gasteiger partial charge in [0.15, 0.2) is 5.13 Å². The maximum Gasteiger partial charge on any atom is 0.185 e. The SMILES string of the molecule is CCNCc1cnc(N2CCC(N3CCCCC3)C2)s1. The van der Waals surface area contributed by atoms with Crippen LogP contribution in [0, 0.1) is 0 Å². The molecule has 3 rings (SSSR count). The number of likely N-dealkylation sites (tertiary alicyclic amines) is 1. The number of aromatic nitrogens is 1. The smallest absolute Gasteiger partial charge is 0.185 e. The van der Waals surface area contributed by atoms with Gasteiger partial charge in [-0.15, -0.1) is 11.3 Å². The van der Waals surface area contributed by atoms with Gasteiger partial charge in [0.1, 0.15) is 0 Å². The fourth-order valence-corrected chi connectivity index (χ4v) is 4.18. The average molecular weight is 294 g/mol. The Morgan fingerprint density at radius 3 is 2.95 bits per heavy atom. The molecule has 1 N–H and O–H groups in total. The second-order valence-corrected chi connectivity index (χ2v) is 6.97. The van der Waals surface area contributed by atoms with Crippen molar-refractivity contribution in [1.82, 2.24) is 15.2 Å². The van der Waals surface area contributed by atoms with E-state index >= 15 is 0 Å². The van der Waals surface area contributed by atoms with Crippen molar-refractivity contribution in [3.63, 3.8) is 0 Å². The van der Waals surface area contributed by atoms with Crippen molar-refractivity contribution < 1.29 is 0 Å². The van der Waals surface area contributed by atoms with E-state index in [9.17, 15) is 0 Å². The van der Waals surface area contributed by atoms with Crippen LogP contribution in [0.1, 0.15) is 37.5 Å². The highest BCUT2D eigenvalue weighted by Crippen LogP contribution is 2.28. The molecule has 112 valence electrons. The molecule has 1 unspecified atom stereocenters. The summed E-state index contributed by atoms with van der Waals surface area (Å²) >= 11 is 1.85. The van der Waals surface area contributed by atoms with Crippen LogP contribution >= 0.6 is 11.3 Å². The lowest BCUT2D eigenvalue weighted by molar-refractivity contribution is 0.175. The first-order valence-corrected chi connectivity index (χ1v) is 8.83. The minimum atomic E-state index is 0.761. The highest BCUT2D eigenvalue weighted by atomic mass is 32.1. The molecule has 5 heteroatoms. The molecule has 20 heavy (non-hydrogen) atoms. The van der Waals surface area contributed by atoms with E-state index < -0.39 is 0 Å². The molecule has 2 aliphatic heterocycles. The number of nitrogens with zero attached hydrogens (tertiary/aromatic N) is 3. The minimum Gasteiger partial charge on any atom is -0.346 e. The number of nitrogens with one attached hydrogen (secondary N) is 1. The van der Waals surface area contributed by atoms with Gasteiger partial charge in [0.25, 0.3) is 0 Å². The summed E-state index contributed by atoms with van der Waals surface area (Å²) in [5, 5.41) is 4.59. The van der Waals surface area contributed by atoms with Crippen molar-refractivity contribution in [2.75, 3.05) is 37.6 Å². The molecular weight excluding hydrogens is 268 g/mol.